The molecule has 7 heteroatoms. The summed E-state index contributed by atoms with van der Waals surface area (Å²) in [6, 6.07) is 5.62. The van der Waals surface area contributed by atoms with E-state index in [1.165, 1.54) is 0 Å². The van der Waals surface area contributed by atoms with Crippen molar-refractivity contribution in [3.63, 3.8) is 0 Å². The van der Waals surface area contributed by atoms with Crippen molar-refractivity contribution in [3.05, 3.63) is 28.2 Å². The summed E-state index contributed by atoms with van der Waals surface area (Å²) in [7, 11) is 0. The van der Waals surface area contributed by atoms with Crippen molar-refractivity contribution in [3.8, 4) is 5.75 Å². The summed E-state index contributed by atoms with van der Waals surface area (Å²) in [5, 5.41) is 4.39. The molecule has 1 aromatic carbocycles. The van der Waals surface area contributed by atoms with Crippen LogP contribution in [-0.4, -0.2) is 42.6 Å². The molecule has 2 bridgehead atoms. The average Bonchev–Trinajstić information content (AvgIpc) is 2.68. The van der Waals surface area contributed by atoms with Crippen LogP contribution in [0.25, 0.3) is 0 Å². The lowest BCUT2D eigenvalue weighted by molar-refractivity contribution is -0.136. The summed E-state index contributed by atoms with van der Waals surface area (Å²) in [5.74, 6) is 0.573. The quantitative estimate of drug-likeness (QED) is 0.894. The van der Waals surface area contributed by atoms with Crippen molar-refractivity contribution < 1.29 is 9.53 Å². The second kappa shape index (κ2) is 7.73. The van der Waals surface area contributed by atoms with Gasteiger partial charge in [0.2, 0.25) is 0 Å². The first kappa shape index (κ1) is 17.7. The maximum Gasteiger partial charge on any atom is 0.261 e. The molecule has 122 valence electrons. The Balaban J connectivity index is 0.00000176. The van der Waals surface area contributed by atoms with Crippen LogP contribution < -0.4 is 10.1 Å². The molecule has 0 saturated carbocycles. The lowest BCUT2D eigenvalue weighted by Crippen LogP contribution is -2.44. The van der Waals surface area contributed by atoms with Gasteiger partial charge in [0.1, 0.15) is 5.75 Å². The summed E-state index contributed by atoms with van der Waals surface area (Å²) in [6.07, 6.45) is 3.19. The normalized spacial score (nSPS) is 23.6. The lowest BCUT2D eigenvalue weighted by Gasteiger charge is -2.27. The van der Waals surface area contributed by atoms with Crippen LogP contribution in [0.1, 0.15) is 19.3 Å². The van der Waals surface area contributed by atoms with E-state index in [2.05, 4.69) is 5.32 Å². The number of amides is 1. The van der Waals surface area contributed by atoms with Crippen molar-refractivity contribution in [1.82, 2.24) is 10.2 Å². The topological polar surface area (TPSA) is 41.6 Å². The fourth-order valence-corrected chi connectivity index (χ4v) is 3.73. The van der Waals surface area contributed by atoms with Crippen LogP contribution in [0.15, 0.2) is 18.2 Å². The Morgan fingerprint density at radius 2 is 1.86 bits per heavy atom. The number of nitrogens with zero attached hydrogens (tertiary/aromatic N) is 1. The van der Waals surface area contributed by atoms with Gasteiger partial charge in [-0.1, -0.05) is 23.2 Å². The monoisotopic (exact) mass is 364 g/mol. The fraction of sp³-hybridized carbons (Fsp3) is 0.533. The van der Waals surface area contributed by atoms with E-state index in [-0.39, 0.29) is 24.9 Å². The Morgan fingerprint density at radius 1 is 1.18 bits per heavy atom. The van der Waals surface area contributed by atoms with Gasteiger partial charge in [-0.2, -0.15) is 0 Å². The summed E-state index contributed by atoms with van der Waals surface area (Å²) < 4.78 is 5.57. The van der Waals surface area contributed by atoms with Gasteiger partial charge in [0.25, 0.3) is 5.91 Å². The zero-order valence-electron chi connectivity index (χ0n) is 12.1. The molecule has 1 N–H and O–H groups in total. The molecule has 0 spiro atoms. The van der Waals surface area contributed by atoms with Gasteiger partial charge in [0, 0.05) is 28.7 Å². The Labute approximate surface area is 146 Å². The third-order valence-corrected chi connectivity index (χ3v) is 4.58. The Bertz CT molecular complexity index is 507. The first-order valence-corrected chi connectivity index (χ1v) is 8.00. The van der Waals surface area contributed by atoms with E-state index in [4.69, 9.17) is 27.9 Å². The Kier molecular flexibility index (Phi) is 6.21. The minimum atomic E-state index is 0. The molecule has 22 heavy (non-hydrogen) atoms. The highest BCUT2D eigenvalue weighted by atomic mass is 35.5. The predicted octanol–water partition coefficient (Wildman–Crippen LogP) is 3.15. The largest absolute Gasteiger partial charge is 0.484 e. The zero-order chi connectivity index (χ0) is 14.8. The highest BCUT2D eigenvalue weighted by Gasteiger charge is 2.37. The van der Waals surface area contributed by atoms with Crippen LogP contribution in [0.5, 0.6) is 5.75 Å². The molecule has 1 aromatic rings. The van der Waals surface area contributed by atoms with Crippen LogP contribution in [0, 0.1) is 0 Å². The van der Waals surface area contributed by atoms with E-state index >= 15 is 0 Å². The average molecular weight is 366 g/mol. The highest BCUT2D eigenvalue weighted by molar-refractivity contribution is 6.34. The molecule has 2 heterocycles. The van der Waals surface area contributed by atoms with Crippen LogP contribution in [0.4, 0.5) is 0 Å². The molecule has 3 rings (SSSR count). The molecule has 1 amide bonds. The first-order valence-electron chi connectivity index (χ1n) is 7.24. The second-order valence-corrected chi connectivity index (χ2v) is 6.45. The molecule has 2 saturated heterocycles. The molecule has 0 radical (unpaired) electrons. The van der Waals surface area contributed by atoms with Crippen LogP contribution in [-0.2, 0) is 4.79 Å². The first-order chi connectivity index (χ1) is 10.1. The van der Waals surface area contributed by atoms with E-state index < -0.39 is 0 Å². The maximum absolute atomic E-state index is 12.5. The number of rotatable bonds is 3. The minimum Gasteiger partial charge on any atom is -0.484 e. The van der Waals surface area contributed by atoms with Gasteiger partial charge in [0.05, 0.1) is 0 Å². The van der Waals surface area contributed by atoms with Gasteiger partial charge in [-0.25, -0.2) is 0 Å². The van der Waals surface area contributed by atoms with Crippen molar-refractivity contribution in [2.45, 2.75) is 31.3 Å². The molecule has 2 fully saturated rings. The molecule has 4 nitrogen and oxygen atoms in total. The Morgan fingerprint density at radius 3 is 2.59 bits per heavy atom. The van der Waals surface area contributed by atoms with E-state index in [0.717, 1.165) is 32.4 Å². The number of fused-ring (bicyclic) bond motifs is 2. The molecule has 0 aromatic heterocycles. The van der Waals surface area contributed by atoms with Gasteiger partial charge in [-0.15, -0.1) is 12.4 Å². The Hall–Kier alpha value is -0.680. The second-order valence-electron chi connectivity index (χ2n) is 5.57. The predicted molar refractivity (Wildman–Crippen MR) is 90.3 cm³/mol. The third-order valence-electron chi connectivity index (χ3n) is 4.14. The number of carbonyl (C=O) groups excluding carboxylic acids is 1. The van der Waals surface area contributed by atoms with Crippen molar-refractivity contribution in [1.29, 1.82) is 0 Å². The molecular weight excluding hydrogens is 347 g/mol. The molecule has 0 aliphatic carbocycles. The summed E-state index contributed by atoms with van der Waals surface area (Å²) in [4.78, 5) is 14.5. The van der Waals surface area contributed by atoms with E-state index in [1.54, 1.807) is 18.2 Å². The minimum absolute atomic E-state index is 0. The fourth-order valence-electron chi connectivity index (χ4n) is 3.22. The number of hydrogen-bond acceptors (Lipinski definition) is 3. The molecular formula is C15H19Cl3N2O2. The third kappa shape index (κ3) is 3.99. The number of halogens is 3. The summed E-state index contributed by atoms with van der Waals surface area (Å²) >= 11 is 11.8. The lowest BCUT2D eigenvalue weighted by atomic mass is 10.1. The maximum atomic E-state index is 12.5. The van der Waals surface area contributed by atoms with Crippen LogP contribution in [0.3, 0.4) is 0 Å². The molecule has 2 aliphatic rings. The number of carbonyl (C=O) groups is 1. The summed E-state index contributed by atoms with van der Waals surface area (Å²) in [5.41, 5.74) is 0. The van der Waals surface area contributed by atoms with Crippen molar-refractivity contribution >= 4 is 41.5 Å². The van der Waals surface area contributed by atoms with Gasteiger partial charge >= 0.3 is 0 Å². The summed E-state index contributed by atoms with van der Waals surface area (Å²) in [6.45, 7) is 1.89. The molecule has 2 aliphatic heterocycles. The van der Waals surface area contributed by atoms with Gasteiger partial charge in [0.15, 0.2) is 6.61 Å². The van der Waals surface area contributed by atoms with Crippen molar-refractivity contribution in [2.75, 3.05) is 19.7 Å². The van der Waals surface area contributed by atoms with E-state index in [1.807, 2.05) is 4.90 Å². The number of nitrogens with one attached hydrogen (secondary N) is 1. The molecule has 2 unspecified atom stereocenters. The standard InChI is InChI=1S/C15H18Cl2N2O2.ClH/c16-10-5-11(17)7-14(6-10)21-9-15(20)19-12-1-2-13(19)8-18-4-3-12;/h5-7,12-13,18H,1-4,8-9H2;1H. The highest BCUT2D eigenvalue weighted by Crippen LogP contribution is 2.28. The van der Waals surface area contributed by atoms with Gasteiger partial charge in [-0.3, -0.25) is 4.79 Å². The molecule has 2 atom stereocenters. The number of ether oxygens (including phenoxy) is 1. The van der Waals surface area contributed by atoms with Crippen LogP contribution in [0.2, 0.25) is 10.0 Å². The van der Waals surface area contributed by atoms with Crippen molar-refractivity contribution in [2.24, 2.45) is 0 Å². The number of hydrogen-bond donors (Lipinski definition) is 1. The van der Waals surface area contributed by atoms with Gasteiger partial charge in [-0.05, 0) is 44.0 Å². The van der Waals surface area contributed by atoms with Crippen LogP contribution >= 0.6 is 35.6 Å². The zero-order valence-corrected chi connectivity index (χ0v) is 14.4. The van der Waals surface area contributed by atoms with E-state index in [0.29, 0.717) is 27.9 Å². The SMILES string of the molecule is Cl.O=C(COc1cc(Cl)cc(Cl)c1)N1C2CCNCC1CC2. The smallest absolute Gasteiger partial charge is 0.261 e. The van der Waals surface area contributed by atoms with Gasteiger partial charge < -0.3 is 15.0 Å². The number of benzene rings is 1. The van der Waals surface area contributed by atoms with E-state index in [9.17, 15) is 4.79 Å².